The minimum atomic E-state index is -0.0999. The zero-order valence-corrected chi connectivity index (χ0v) is 13.9. The van der Waals surface area contributed by atoms with E-state index in [-0.39, 0.29) is 11.8 Å². The molecule has 0 unspecified atom stereocenters. The molecule has 0 aliphatic carbocycles. The Morgan fingerprint density at radius 1 is 1.09 bits per heavy atom. The van der Waals surface area contributed by atoms with Gasteiger partial charge in [-0.05, 0) is 26.0 Å². The Balaban J connectivity index is 1.61. The van der Waals surface area contributed by atoms with Gasteiger partial charge in [0.2, 0.25) is 17.7 Å². The summed E-state index contributed by atoms with van der Waals surface area (Å²) >= 11 is 1.35. The summed E-state index contributed by atoms with van der Waals surface area (Å²) in [6.45, 7) is 4.42. The van der Waals surface area contributed by atoms with Gasteiger partial charge in [-0.3, -0.25) is 14.5 Å². The van der Waals surface area contributed by atoms with Gasteiger partial charge >= 0.3 is 0 Å². The number of thioether (sulfide) groups is 1. The van der Waals surface area contributed by atoms with E-state index in [9.17, 15) is 9.59 Å². The number of imide groups is 1. The lowest BCUT2D eigenvalue weighted by molar-refractivity contribution is -0.137. The lowest BCUT2D eigenvalue weighted by Crippen LogP contribution is -2.31. The third-order valence-electron chi connectivity index (χ3n) is 3.57. The molecule has 0 saturated carbocycles. The molecule has 1 aliphatic rings. The van der Waals surface area contributed by atoms with Gasteiger partial charge in [0.25, 0.3) is 5.22 Å². The summed E-state index contributed by atoms with van der Waals surface area (Å²) in [6.07, 6.45) is 0.641. The quantitative estimate of drug-likeness (QED) is 0.619. The van der Waals surface area contributed by atoms with Gasteiger partial charge in [-0.25, -0.2) is 0 Å². The number of aromatic nitrogens is 2. The molecule has 2 amide bonds. The van der Waals surface area contributed by atoms with E-state index in [1.165, 1.54) is 16.7 Å². The van der Waals surface area contributed by atoms with Crippen molar-refractivity contribution in [3.63, 3.8) is 0 Å². The Labute approximate surface area is 138 Å². The van der Waals surface area contributed by atoms with E-state index in [4.69, 9.17) is 4.42 Å². The van der Waals surface area contributed by atoms with Gasteiger partial charge in [0.05, 0.1) is 0 Å². The normalized spacial score (nSPS) is 14.8. The van der Waals surface area contributed by atoms with E-state index in [1.807, 2.05) is 26.0 Å². The average Bonchev–Trinajstić information content (AvgIpc) is 3.08. The SMILES string of the molecule is Cc1cc(C)cc(-c2nnc(SCCN3C(=O)CCC3=O)o2)c1. The number of carbonyl (C=O) groups is 2. The van der Waals surface area contributed by atoms with Crippen molar-refractivity contribution in [2.75, 3.05) is 12.3 Å². The molecule has 0 atom stereocenters. The zero-order chi connectivity index (χ0) is 16.4. The maximum atomic E-state index is 11.5. The number of rotatable bonds is 5. The maximum absolute atomic E-state index is 11.5. The second-order valence-electron chi connectivity index (χ2n) is 5.54. The molecule has 1 saturated heterocycles. The first kappa shape index (κ1) is 15.7. The highest BCUT2D eigenvalue weighted by molar-refractivity contribution is 7.99. The molecule has 0 radical (unpaired) electrons. The van der Waals surface area contributed by atoms with Crippen LogP contribution in [0.4, 0.5) is 0 Å². The average molecular weight is 331 g/mol. The van der Waals surface area contributed by atoms with Crippen LogP contribution in [0.25, 0.3) is 11.5 Å². The fourth-order valence-corrected chi connectivity index (χ4v) is 3.26. The van der Waals surface area contributed by atoms with E-state index >= 15 is 0 Å². The summed E-state index contributed by atoms with van der Waals surface area (Å²) in [4.78, 5) is 24.3. The molecule has 0 bridgehead atoms. The topological polar surface area (TPSA) is 76.3 Å². The minimum absolute atomic E-state index is 0.0999. The molecule has 1 fully saturated rings. The summed E-state index contributed by atoms with van der Waals surface area (Å²) in [5.74, 6) is 0.827. The molecule has 1 aromatic heterocycles. The number of aryl methyl sites for hydroxylation is 2. The number of likely N-dealkylation sites (tertiary alicyclic amines) is 1. The van der Waals surface area contributed by atoms with Crippen molar-refractivity contribution in [2.24, 2.45) is 0 Å². The summed E-state index contributed by atoms with van der Waals surface area (Å²) in [5.41, 5.74) is 3.17. The van der Waals surface area contributed by atoms with E-state index < -0.39 is 0 Å². The summed E-state index contributed by atoms with van der Waals surface area (Å²) in [7, 11) is 0. The van der Waals surface area contributed by atoms with Crippen molar-refractivity contribution in [2.45, 2.75) is 31.9 Å². The molecule has 7 heteroatoms. The second-order valence-corrected chi connectivity index (χ2v) is 6.58. The minimum Gasteiger partial charge on any atom is -0.411 e. The number of amides is 2. The Morgan fingerprint density at radius 3 is 2.39 bits per heavy atom. The summed E-state index contributed by atoms with van der Waals surface area (Å²) < 4.78 is 5.65. The third kappa shape index (κ3) is 3.61. The van der Waals surface area contributed by atoms with E-state index in [2.05, 4.69) is 16.3 Å². The van der Waals surface area contributed by atoms with Crippen molar-refractivity contribution < 1.29 is 14.0 Å². The molecule has 0 N–H and O–H groups in total. The van der Waals surface area contributed by atoms with Gasteiger partial charge in [-0.15, -0.1) is 10.2 Å². The van der Waals surface area contributed by atoms with Crippen molar-refractivity contribution in [1.29, 1.82) is 0 Å². The fourth-order valence-electron chi connectivity index (χ4n) is 2.58. The molecular weight excluding hydrogens is 314 g/mol. The molecule has 6 nitrogen and oxygen atoms in total. The fraction of sp³-hybridized carbons (Fsp3) is 0.375. The van der Waals surface area contributed by atoms with Gasteiger partial charge < -0.3 is 4.42 Å². The van der Waals surface area contributed by atoms with Gasteiger partial charge in [0.1, 0.15) is 0 Å². The van der Waals surface area contributed by atoms with Gasteiger partial charge in [-0.1, -0.05) is 29.0 Å². The highest BCUT2D eigenvalue weighted by Crippen LogP contribution is 2.25. The van der Waals surface area contributed by atoms with E-state index in [0.717, 1.165) is 16.7 Å². The van der Waals surface area contributed by atoms with Gasteiger partial charge in [0, 0.05) is 30.7 Å². The molecule has 0 spiro atoms. The predicted molar refractivity (Wildman–Crippen MR) is 85.9 cm³/mol. The van der Waals surface area contributed by atoms with Crippen molar-refractivity contribution in [1.82, 2.24) is 15.1 Å². The Bertz CT molecular complexity index is 721. The molecular formula is C16H17N3O3S. The highest BCUT2D eigenvalue weighted by atomic mass is 32.2. The third-order valence-corrected chi connectivity index (χ3v) is 4.37. The van der Waals surface area contributed by atoms with Crippen molar-refractivity contribution in [3.8, 4) is 11.5 Å². The molecule has 3 rings (SSSR count). The monoisotopic (exact) mass is 331 g/mol. The number of nitrogens with zero attached hydrogens (tertiary/aromatic N) is 3. The van der Waals surface area contributed by atoms with Crippen LogP contribution < -0.4 is 0 Å². The smallest absolute Gasteiger partial charge is 0.276 e. The van der Waals surface area contributed by atoms with Crippen LogP contribution in [-0.2, 0) is 9.59 Å². The molecule has 2 heterocycles. The Morgan fingerprint density at radius 2 is 1.74 bits per heavy atom. The number of benzene rings is 1. The molecule has 1 aliphatic heterocycles. The van der Waals surface area contributed by atoms with Crippen LogP contribution in [0.1, 0.15) is 24.0 Å². The van der Waals surface area contributed by atoms with Crippen LogP contribution in [0.5, 0.6) is 0 Å². The molecule has 2 aromatic rings. The number of hydrogen-bond acceptors (Lipinski definition) is 6. The van der Waals surface area contributed by atoms with Crippen LogP contribution >= 0.6 is 11.8 Å². The van der Waals surface area contributed by atoms with Crippen LogP contribution in [0.15, 0.2) is 27.8 Å². The largest absolute Gasteiger partial charge is 0.411 e. The number of hydrogen-bond donors (Lipinski definition) is 0. The predicted octanol–water partition coefficient (Wildman–Crippen LogP) is 2.59. The van der Waals surface area contributed by atoms with E-state index in [0.29, 0.717) is 36.3 Å². The first-order chi connectivity index (χ1) is 11.0. The first-order valence-electron chi connectivity index (χ1n) is 7.41. The molecule has 120 valence electrons. The Hall–Kier alpha value is -2.15. The van der Waals surface area contributed by atoms with Crippen molar-refractivity contribution >= 4 is 23.6 Å². The first-order valence-corrected chi connectivity index (χ1v) is 8.39. The van der Waals surface area contributed by atoms with Crippen LogP contribution in [0, 0.1) is 13.8 Å². The lowest BCUT2D eigenvalue weighted by Gasteiger charge is -2.11. The Kier molecular flexibility index (Phi) is 4.47. The standard InChI is InChI=1S/C16H17N3O3S/c1-10-7-11(2)9-12(8-10)15-17-18-16(22-15)23-6-5-19-13(20)3-4-14(19)21/h7-9H,3-6H2,1-2H3. The van der Waals surface area contributed by atoms with E-state index in [1.54, 1.807) is 0 Å². The van der Waals surface area contributed by atoms with Crippen LogP contribution in [-0.4, -0.2) is 39.2 Å². The lowest BCUT2D eigenvalue weighted by atomic mass is 10.1. The second kappa shape index (κ2) is 6.54. The van der Waals surface area contributed by atoms with Gasteiger partial charge in [0.15, 0.2) is 0 Å². The molecule has 1 aromatic carbocycles. The number of carbonyl (C=O) groups excluding carboxylic acids is 2. The summed E-state index contributed by atoms with van der Waals surface area (Å²) in [6, 6.07) is 6.08. The van der Waals surface area contributed by atoms with Crippen molar-refractivity contribution in [3.05, 3.63) is 29.3 Å². The maximum Gasteiger partial charge on any atom is 0.276 e. The highest BCUT2D eigenvalue weighted by Gasteiger charge is 2.28. The zero-order valence-electron chi connectivity index (χ0n) is 13.0. The summed E-state index contributed by atoms with van der Waals surface area (Å²) in [5, 5.41) is 8.52. The van der Waals surface area contributed by atoms with Crippen LogP contribution in [0.3, 0.4) is 0 Å². The van der Waals surface area contributed by atoms with Crippen LogP contribution in [0.2, 0.25) is 0 Å². The molecule has 23 heavy (non-hydrogen) atoms. The van der Waals surface area contributed by atoms with Gasteiger partial charge in [-0.2, -0.15) is 0 Å².